The van der Waals surface area contributed by atoms with Crippen LogP contribution in [0.5, 0.6) is 11.5 Å². The van der Waals surface area contributed by atoms with Gasteiger partial charge in [0.2, 0.25) is 5.91 Å². The van der Waals surface area contributed by atoms with E-state index in [1.54, 1.807) is 42.6 Å². The third-order valence-electron chi connectivity index (χ3n) is 5.72. The second-order valence-electron chi connectivity index (χ2n) is 7.93. The van der Waals surface area contributed by atoms with E-state index in [0.29, 0.717) is 35.3 Å². The number of carbonyl (C=O) groups excluding carboxylic acids is 2. The summed E-state index contributed by atoms with van der Waals surface area (Å²) in [6.07, 6.45) is -0.943. The third-order valence-corrected chi connectivity index (χ3v) is 5.72. The van der Waals surface area contributed by atoms with E-state index in [2.05, 4.69) is 19.8 Å². The molecule has 0 radical (unpaired) electrons. The third kappa shape index (κ3) is 3.57. The van der Waals surface area contributed by atoms with Crippen LogP contribution in [0.1, 0.15) is 35.7 Å². The number of ether oxygens (including phenoxy) is 2. The highest BCUT2D eigenvalue weighted by Gasteiger charge is 2.52. The predicted molar refractivity (Wildman–Crippen MR) is 112 cm³/mol. The quantitative estimate of drug-likeness (QED) is 0.573. The number of carbonyl (C=O) groups is 2. The maximum atomic E-state index is 13.3. The first kappa shape index (κ1) is 20.1. The molecular weight excluding hydrogens is 418 g/mol. The fraction of sp³-hybridized carbons (Fsp3) is 0.208. The number of rotatable bonds is 5. The van der Waals surface area contributed by atoms with Crippen molar-refractivity contribution in [2.45, 2.75) is 31.5 Å². The van der Waals surface area contributed by atoms with Crippen molar-refractivity contribution < 1.29 is 27.8 Å². The second kappa shape index (κ2) is 7.12. The van der Waals surface area contributed by atoms with E-state index in [1.807, 2.05) is 6.07 Å². The van der Waals surface area contributed by atoms with E-state index in [1.165, 1.54) is 19.1 Å². The number of hydrogen-bond donors (Lipinski definition) is 1. The molecule has 1 amide bonds. The minimum absolute atomic E-state index is 0.0477. The Balaban J connectivity index is 1.38. The smallest absolute Gasteiger partial charge is 0.395 e. The van der Waals surface area contributed by atoms with E-state index in [4.69, 9.17) is 0 Å². The Morgan fingerprint density at radius 1 is 1.00 bits per heavy atom. The van der Waals surface area contributed by atoms with E-state index in [0.717, 1.165) is 5.56 Å². The van der Waals surface area contributed by atoms with Crippen molar-refractivity contribution in [2.24, 2.45) is 0 Å². The Bertz CT molecular complexity index is 1250. The van der Waals surface area contributed by atoms with Crippen LogP contribution in [0.15, 0.2) is 60.8 Å². The molecule has 6 nitrogen and oxygen atoms in total. The van der Waals surface area contributed by atoms with Crippen molar-refractivity contribution >= 4 is 17.4 Å². The molecule has 8 heteroatoms. The molecule has 3 aromatic rings. The van der Waals surface area contributed by atoms with Crippen molar-refractivity contribution in [1.29, 1.82) is 0 Å². The van der Waals surface area contributed by atoms with E-state index in [9.17, 15) is 18.4 Å². The van der Waals surface area contributed by atoms with E-state index < -0.39 is 11.7 Å². The van der Waals surface area contributed by atoms with Crippen molar-refractivity contribution in [3.05, 3.63) is 71.9 Å². The zero-order valence-electron chi connectivity index (χ0n) is 17.0. The molecule has 1 aliphatic carbocycles. The molecule has 1 saturated carbocycles. The number of benzene rings is 2. The molecule has 0 saturated heterocycles. The normalized spacial score (nSPS) is 17.0. The van der Waals surface area contributed by atoms with Crippen LogP contribution in [-0.4, -0.2) is 23.0 Å². The number of amides is 1. The fourth-order valence-corrected chi connectivity index (χ4v) is 3.83. The fourth-order valence-electron chi connectivity index (χ4n) is 3.83. The lowest BCUT2D eigenvalue weighted by molar-refractivity contribution is -0.286. The number of anilines is 1. The highest BCUT2D eigenvalue weighted by Crippen LogP contribution is 2.52. The van der Waals surface area contributed by atoms with Crippen molar-refractivity contribution in [3.63, 3.8) is 0 Å². The van der Waals surface area contributed by atoms with Gasteiger partial charge in [-0.05, 0) is 55.7 Å². The average molecular weight is 436 g/mol. The van der Waals surface area contributed by atoms with Crippen LogP contribution in [0.2, 0.25) is 0 Å². The van der Waals surface area contributed by atoms with Gasteiger partial charge >= 0.3 is 6.29 Å². The first-order valence-electron chi connectivity index (χ1n) is 10.1. The zero-order valence-corrected chi connectivity index (χ0v) is 17.0. The summed E-state index contributed by atoms with van der Waals surface area (Å²) in [4.78, 5) is 29.1. The summed E-state index contributed by atoms with van der Waals surface area (Å²) in [7, 11) is 0. The SMILES string of the molecule is CC(=O)c1cccc(-c2cc(NC(=O)C3(c4ccc5c(c4)OC(F)(F)O5)CC3)ccn2)c1. The summed E-state index contributed by atoms with van der Waals surface area (Å²) < 4.78 is 35.6. The standard InChI is InChI=1S/C24H18F2N2O4/c1-14(29)15-3-2-4-16(11-15)19-13-18(7-10-27-19)28-22(30)23(8-9-23)17-5-6-20-21(12-17)32-24(25,26)31-20/h2-7,10-13H,8-9H2,1H3,(H,27,28,30). The van der Waals surface area contributed by atoms with Crippen LogP contribution in [0.4, 0.5) is 14.5 Å². The number of halogens is 2. The maximum absolute atomic E-state index is 13.3. The van der Waals surface area contributed by atoms with Crippen molar-refractivity contribution in [1.82, 2.24) is 4.98 Å². The first-order chi connectivity index (χ1) is 15.3. The Labute approximate surface area is 182 Å². The van der Waals surface area contributed by atoms with Gasteiger partial charge in [-0.25, -0.2) is 0 Å². The minimum Gasteiger partial charge on any atom is -0.395 e. The molecule has 1 aliphatic heterocycles. The summed E-state index contributed by atoms with van der Waals surface area (Å²) in [6.45, 7) is 1.50. The number of pyridine rings is 1. The monoisotopic (exact) mass is 436 g/mol. The second-order valence-corrected chi connectivity index (χ2v) is 7.93. The summed E-state index contributed by atoms with van der Waals surface area (Å²) >= 11 is 0. The number of Topliss-reactive ketones (excluding diaryl/α,β-unsaturated/α-hetero) is 1. The summed E-state index contributed by atoms with van der Waals surface area (Å²) in [5.41, 5.74) is 2.27. The van der Waals surface area contributed by atoms with Gasteiger partial charge in [-0.3, -0.25) is 14.6 Å². The summed E-state index contributed by atoms with van der Waals surface area (Å²) in [5, 5.41) is 2.91. The number of ketones is 1. The molecule has 0 unspecified atom stereocenters. The molecule has 2 aliphatic rings. The Hall–Kier alpha value is -3.81. The lowest BCUT2D eigenvalue weighted by Crippen LogP contribution is -2.28. The van der Waals surface area contributed by atoms with Crippen LogP contribution in [0.3, 0.4) is 0 Å². The van der Waals surface area contributed by atoms with E-state index >= 15 is 0 Å². The molecular formula is C24H18F2N2O4. The average Bonchev–Trinajstić information content (AvgIpc) is 3.51. The molecule has 1 N–H and O–H groups in total. The van der Waals surface area contributed by atoms with Crippen LogP contribution < -0.4 is 14.8 Å². The number of nitrogens with one attached hydrogen (secondary N) is 1. The number of fused-ring (bicyclic) bond motifs is 1. The van der Waals surface area contributed by atoms with Gasteiger partial charge < -0.3 is 14.8 Å². The van der Waals surface area contributed by atoms with Gasteiger partial charge in [0.15, 0.2) is 17.3 Å². The molecule has 2 aromatic carbocycles. The molecule has 1 fully saturated rings. The maximum Gasteiger partial charge on any atom is 0.586 e. The first-order valence-corrected chi connectivity index (χ1v) is 10.1. The van der Waals surface area contributed by atoms with Crippen molar-refractivity contribution in [3.8, 4) is 22.8 Å². The molecule has 0 spiro atoms. The van der Waals surface area contributed by atoms with Gasteiger partial charge in [-0.15, -0.1) is 8.78 Å². The highest BCUT2D eigenvalue weighted by atomic mass is 19.3. The van der Waals surface area contributed by atoms with Gasteiger partial charge in [0.05, 0.1) is 11.1 Å². The Morgan fingerprint density at radius 3 is 2.53 bits per heavy atom. The van der Waals surface area contributed by atoms with Gasteiger partial charge in [0, 0.05) is 23.0 Å². The van der Waals surface area contributed by atoms with Crippen LogP contribution >= 0.6 is 0 Å². The largest absolute Gasteiger partial charge is 0.586 e. The van der Waals surface area contributed by atoms with Gasteiger partial charge in [-0.2, -0.15) is 0 Å². The molecule has 0 atom stereocenters. The lowest BCUT2D eigenvalue weighted by atomic mass is 9.94. The topological polar surface area (TPSA) is 77.5 Å². The van der Waals surface area contributed by atoms with Crippen LogP contribution in [0, 0.1) is 0 Å². The van der Waals surface area contributed by atoms with Gasteiger partial charge in [-0.1, -0.05) is 24.3 Å². The van der Waals surface area contributed by atoms with E-state index in [-0.39, 0.29) is 23.2 Å². The highest BCUT2D eigenvalue weighted by molar-refractivity contribution is 6.02. The van der Waals surface area contributed by atoms with Crippen molar-refractivity contribution in [2.75, 3.05) is 5.32 Å². The number of hydrogen-bond acceptors (Lipinski definition) is 5. The number of nitrogens with zero attached hydrogens (tertiary/aromatic N) is 1. The number of aromatic nitrogens is 1. The summed E-state index contributed by atoms with van der Waals surface area (Å²) in [5.74, 6) is -0.420. The Kier molecular flexibility index (Phi) is 4.47. The molecule has 2 heterocycles. The van der Waals surface area contributed by atoms with Crippen LogP contribution in [-0.2, 0) is 10.2 Å². The molecule has 1 aromatic heterocycles. The molecule has 32 heavy (non-hydrogen) atoms. The predicted octanol–water partition coefficient (Wildman–Crippen LogP) is 4.94. The lowest BCUT2D eigenvalue weighted by Gasteiger charge is -2.16. The molecule has 162 valence electrons. The minimum atomic E-state index is -3.70. The Morgan fingerprint density at radius 2 is 1.78 bits per heavy atom. The zero-order chi connectivity index (χ0) is 22.5. The number of alkyl halides is 2. The van der Waals surface area contributed by atoms with Gasteiger partial charge in [0.1, 0.15) is 0 Å². The molecule has 5 rings (SSSR count). The van der Waals surface area contributed by atoms with Crippen LogP contribution in [0.25, 0.3) is 11.3 Å². The van der Waals surface area contributed by atoms with Gasteiger partial charge in [0.25, 0.3) is 0 Å². The molecule has 0 bridgehead atoms. The summed E-state index contributed by atoms with van der Waals surface area (Å²) in [6, 6.07) is 14.9.